The van der Waals surface area contributed by atoms with Crippen LogP contribution in [0.4, 0.5) is 5.69 Å². The molecule has 0 unspecified atom stereocenters. The predicted octanol–water partition coefficient (Wildman–Crippen LogP) is 4.52. The number of carbonyl (C=O) groups is 3. The smallest absolute Gasteiger partial charge is 0.339 e. The van der Waals surface area contributed by atoms with Crippen LogP contribution in [0.2, 0.25) is 0 Å². The van der Waals surface area contributed by atoms with Gasteiger partial charge >= 0.3 is 5.97 Å². The molecular weight excluding hydrogens is 374 g/mol. The van der Waals surface area contributed by atoms with Crippen LogP contribution in [0.3, 0.4) is 0 Å². The summed E-state index contributed by atoms with van der Waals surface area (Å²) in [5.74, 6) is -0.853. The molecule has 1 heterocycles. The Morgan fingerprint density at radius 1 is 0.964 bits per heavy atom. The van der Waals surface area contributed by atoms with Crippen molar-refractivity contribution in [2.45, 2.75) is 13.3 Å². The van der Waals surface area contributed by atoms with Gasteiger partial charge in [0.05, 0.1) is 23.2 Å². The third-order valence-corrected chi connectivity index (χ3v) is 5.33. The molecule has 28 heavy (non-hydrogen) atoms. The lowest BCUT2D eigenvalue weighted by atomic mass is 9.97. The first kappa shape index (κ1) is 19.5. The highest BCUT2D eigenvalue weighted by molar-refractivity contribution is 7.12. The quantitative estimate of drug-likeness (QED) is 0.494. The Kier molecular flexibility index (Phi) is 6.01. The number of carbonyl (C=O) groups excluding carboxylic acids is 3. The maximum absolute atomic E-state index is 12.8. The average Bonchev–Trinajstić information content (AvgIpc) is 3.24. The Morgan fingerprint density at radius 2 is 1.71 bits per heavy atom. The van der Waals surface area contributed by atoms with Crippen LogP contribution in [0.5, 0.6) is 0 Å². The van der Waals surface area contributed by atoms with Crippen molar-refractivity contribution in [1.82, 2.24) is 0 Å². The summed E-state index contributed by atoms with van der Waals surface area (Å²) in [4.78, 5) is 37.8. The molecule has 0 atom stereocenters. The zero-order chi connectivity index (χ0) is 20.1. The third-order valence-electron chi connectivity index (χ3n) is 4.42. The van der Waals surface area contributed by atoms with E-state index in [0.29, 0.717) is 16.1 Å². The number of anilines is 1. The number of benzene rings is 2. The van der Waals surface area contributed by atoms with Gasteiger partial charge in [-0.3, -0.25) is 9.59 Å². The van der Waals surface area contributed by atoms with Gasteiger partial charge < -0.3 is 10.1 Å². The van der Waals surface area contributed by atoms with Gasteiger partial charge in [-0.2, -0.15) is 0 Å². The van der Waals surface area contributed by atoms with E-state index in [0.717, 1.165) is 11.1 Å². The number of Topliss-reactive ketones (excluding diaryl/α,β-unsaturated/α-hetero) is 1. The number of ketones is 1. The van der Waals surface area contributed by atoms with Crippen LogP contribution in [0.1, 0.15) is 41.5 Å². The lowest BCUT2D eigenvalue weighted by Gasteiger charge is -2.13. The molecule has 3 aromatic rings. The lowest BCUT2D eigenvalue weighted by Crippen LogP contribution is -2.17. The Hall–Kier alpha value is -3.25. The molecule has 0 aliphatic rings. The van der Waals surface area contributed by atoms with Crippen molar-refractivity contribution in [2.24, 2.45) is 0 Å². The fraction of sp³-hybridized carbons (Fsp3) is 0.136. The number of methoxy groups -OCH3 is 1. The molecule has 2 aromatic carbocycles. The van der Waals surface area contributed by atoms with E-state index in [4.69, 9.17) is 4.74 Å². The van der Waals surface area contributed by atoms with E-state index in [1.54, 1.807) is 42.5 Å². The van der Waals surface area contributed by atoms with Crippen LogP contribution in [-0.4, -0.2) is 24.8 Å². The van der Waals surface area contributed by atoms with Gasteiger partial charge in [0.25, 0.3) is 5.91 Å². The highest BCUT2D eigenvalue weighted by atomic mass is 32.1. The molecule has 3 rings (SSSR count). The van der Waals surface area contributed by atoms with Crippen molar-refractivity contribution >= 4 is 34.7 Å². The maximum Gasteiger partial charge on any atom is 0.339 e. The summed E-state index contributed by atoms with van der Waals surface area (Å²) >= 11 is 1.40. The zero-order valence-corrected chi connectivity index (χ0v) is 16.3. The molecule has 0 fully saturated rings. The number of hydrogen-bond donors (Lipinski definition) is 1. The summed E-state index contributed by atoms with van der Waals surface area (Å²) in [6.07, 6.45) is 0.228. The summed E-state index contributed by atoms with van der Waals surface area (Å²) in [6, 6.07) is 15.6. The second-order valence-electron chi connectivity index (χ2n) is 6.16. The van der Waals surface area contributed by atoms with Crippen LogP contribution < -0.4 is 5.32 Å². The van der Waals surface area contributed by atoms with Gasteiger partial charge in [-0.15, -0.1) is 11.3 Å². The number of rotatable bonds is 6. The summed E-state index contributed by atoms with van der Waals surface area (Å²) < 4.78 is 4.76. The molecule has 0 radical (unpaired) electrons. The van der Waals surface area contributed by atoms with E-state index in [1.807, 2.05) is 24.4 Å². The molecular formula is C22H19NO4S. The predicted molar refractivity (Wildman–Crippen MR) is 109 cm³/mol. The first-order valence-corrected chi connectivity index (χ1v) is 9.53. The molecule has 142 valence electrons. The molecule has 0 aliphatic carbocycles. The minimum absolute atomic E-state index is 0.0201. The number of esters is 1. The van der Waals surface area contributed by atoms with Crippen LogP contribution >= 0.6 is 11.3 Å². The summed E-state index contributed by atoms with van der Waals surface area (Å²) in [7, 11) is 1.29. The van der Waals surface area contributed by atoms with E-state index in [2.05, 4.69) is 5.32 Å². The first-order valence-electron chi connectivity index (χ1n) is 8.65. The maximum atomic E-state index is 12.8. The topological polar surface area (TPSA) is 72.5 Å². The van der Waals surface area contributed by atoms with Gasteiger partial charge in [0, 0.05) is 12.0 Å². The minimum Gasteiger partial charge on any atom is -0.465 e. The second-order valence-corrected chi connectivity index (χ2v) is 7.11. The number of nitrogens with one attached hydrogen (secondary N) is 1. The number of thiophene rings is 1. The summed E-state index contributed by atoms with van der Waals surface area (Å²) in [6.45, 7) is 1.82. The van der Waals surface area contributed by atoms with E-state index < -0.39 is 5.97 Å². The molecule has 0 bridgehead atoms. The number of para-hydroxylation sites is 1. The van der Waals surface area contributed by atoms with Crippen molar-refractivity contribution in [3.63, 3.8) is 0 Å². The third kappa shape index (κ3) is 4.18. The minimum atomic E-state index is -0.525. The first-order chi connectivity index (χ1) is 13.5. The molecule has 1 aromatic heterocycles. The van der Waals surface area contributed by atoms with Crippen molar-refractivity contribution < 1.29 is 19.1 Å². The van der Waals surface area contributed by atoms with Gasteiger partial charge in [-0.1, -0.05) is 30.3 Å². The zero-order valence-electron chi connectivity index (χ0n) is 15.5. The van der Waals surface area contributed by atoms with E-state index in [-0.39, 0.29) is 23.7 Å². The van der Waals surface area contributed by atoms with Crippen LogP contribution in [0.15, 0.2) is 60.0 Å². The molecule has 0 saturated carbocycles. The SMILES string of the molecule is COC(=O)c1ccccc1NC(=O)c1cccc(CC(=O)c2cccs2)c1C. The van der Waals surface area contributed by atoms with Crippen molar-refractivity contribution in [2.75, 3.05) is 12.4 Å². The number of amides is 1. The van der Waals surface area contributed by atoms with Crippen molar-refractivity contribution in [3.8, 4) is 0 Å². The van der Waals surface area contributed by atoms with E-state index in [1.165, 1.54) is 18.4 Å². The van der Waals surface area contributed by atoms with E-state index >= 15 is 0 Å². The summed E-state index contributed by atoms with van der Waals surface area (Å²) in [5.41, 5.74) is 2.64. The molecule has 0 aliphatic heterocycles. The normalized spacial score (nSPS) is 10.4. The van der Waals surface area contributed by atoms with Gasteiger partial charge in [-0.25, -0.2) is 4.79 Å². The second kappa shape index (κ2) is 8.63. The standard InChI is InChI=1S/C22H19NO4S/c1-14-15(13-19(24)20-11-6-12-28-20)7-5-9-16(14)21(25)23-18-10-4-3-8-17(18)22(26)27-2/h3-12H,13H2,1-2H3,(H,23,25). The van der Waals surface area contributed by atoms with Gasteiger partial charge in [0.2, 0.25) is 0 Å². The average molecular weight is 393 g/mol. The molecule has 5 nitrogen and oxygen atoms in total. The Labute approximate surface area is 167 Å². The molecule has 6 heteroatoms. The van der Waals surface area contributed by atoms with Crippen LogP contribution in [0, 0.1) is 6.92 Å². The van der Waals surface area contributed by atoms with Gasteiger partial charge in [-0.05, 0) is 47.7 Å². The molecule has 1 N–H and O–H groups in total. The fourth-order valence-electron chi connectivity index (χ4n) is 2.89. The van der Waals surface area contributed by atoms with Crippen molar-refractivity contribution in [3.05, 3.63) is 87.1 Å². The van der Waals surface area contributed by atoms with Crippen LogP contribution in [0.25, 0.3) is 0 Å². The number of hydrogen-bond acceptors (Lipinski definition) is 5. The summed E-state index contributed by atoms with van der Waals surface area (Å²) in [5, 5.41) is 4.63. The molecule has 0 spiro atoms. The van der Waals surface area contributed by atoms with Gasteiger partial charge in [0.1, 0.15) is 0 Å². The fourth-order valence-corrected chi connectivity index (χ4v) is 3.55. The Morgan fingerprint density at radius 3 is 2.43 bits per heavy atom. The lowest BCUT2D eigenvalue weighted by molar-refractivity contribution is 0.0601. The Bertz CT molecular complexity index is 1020. The van der Waals surface area contributed by atoms with Gasteiger partial charge in [0.15, 0.2) is 5.78 Å². The van der Waals surface area contributed by atoms with E-state index in [9.17, 15) is 14.4 Å². The Balaban J connectivity index is 1.84. The highest BCUT2D eigenvalue weighted by Crippen LogP contribution is 2.21. The van der Waals surface area contributed by atoms with Crippen LogP contribution in [-0.2, 0) is 11.2 Å². The number of ether oxygens (including phenoxy) is 1. The highest BCUT2D eigenvalue weighted by Gasteiger charge is 2.18. The van der Waals surface area contributed by atoms with Crippen molar-refractivity contribution in [1.29, 1.82) is 0 Å². The largest absolute Gasteiger partial charge is 0.465 e. The monoisotopic (exact) mass is 393 g/mol. The molecule has 1 amide bonds. The molecule has 0 saturated heterocycles.